The van der Waals surface area contributed by atoms with Gasteiger partial charge < -0.3 is 4.18 Å². The summed E-state index contributed by atoms with van der Waals surface area (Å²) >= 11 is 0.865. The lowest BCUT2D eigenvalue weighted by molar-refractivity contribution is 0.365. The first-order valence-corrected chi connectivity index (χ1v) is 11.0. The Balaban J connectivity index is 1.59. The highest BCUT2D eigenvalue weighted by molar-refractivity contribution is 7.90. The summed E-state index contributed by atoms with van der Waals surface area (Å²) in [4.78, 5) is 30.8. The second-order valence-corrected chi connectivity index (χ2v) is 7.88. The average Bonchev–Trinajstić information content (AvgIpc) is 3.18. The van der Waals surface area contributed by atoms with E-state index in [1.165, 1.54) is 10.9 Å². The zero-order chi connectivity index (χ0) is 22.8. The second-order valence-electron chi connectivity index (χ2n) is 7.34. The Labute approximate surface area is 193 Å². The van der Waals surface area contributed by atoms with E-state index in [-0.39, 0.29) is 12.1 Å². The molecule has 0 aliphatic carbocycles. The fourth-order valence-corrected chi connectivity index (χ4v) is 3.88. The molecule has 166 valence electrons. The molecule has 4 aromatic heterocycles. The third-order valence-corrected chi connectivity index (χ3v) is 5.60. The maximum atomic E-state index is 13.1. The van der Waals surface area contributed by atoms with Crippen LogP contribution in [0.2, 0.25) is 0 Å². The maximum Gasteiger partial charge on any atom is 0.261 e. The van der Waals surface area contributed by atoms with Gasteiger partial charge in [0.1, 0.15) is 11.3 Å². The van der Waals surface area contributed by atoms with Crippen LogP contribution in [-0.4, -0.2) is 35.5 Å². The summed E-state index contributed by atoms with van der Waals surface area (Å²) in [6.07, 6.45) is 6.77. The van der Waals surface area contributed by atoms with E-state index in [2.05, 4.69) is 15.0 Å². The van der Waals surface area contributed by atoms with Crippen LogP contribution >= 0.6 is 12.3 Å². The van der Waals surface area contributed by atoms with Crippen molar-refractivity contribution in [2.24, 2.45) is 0 Å². The maximum absolute atomic E-state index is 13.1. The number of hydrogen-bond acceptors (Lipinski definition) is 8. The summed E-state index contributed by atoms with van der Waals surface area (Å²) in [7, 11) is 0. The topological polar surface area (TPSA) is 96.4 Å². The van der Waals surface area contributed by atoms with Crippen LogP contribution in [0.1, 0.15) is 18.2 Å². The highest BCUT2D eigenvalue weighted by atomic mass is 32.2. The SMILES string of the molecule is CCOSOc1c(Cn2cnc3cc(C)ccc3c2=O)nc2ccc(-c3ncccn3)cn12. The van der Waals surface area contributed by atoms with Crippen LogP contribution in [0.5, 0.6) is 5.88 Å². The van der Waals surface area contributed by atoms with Gasteiger partial charge >= 0.3 is 0 Å². The number of fused-ring (bicyclic) bond motifs is 2. The minimum atomic E-state index is -0.140. The molecule has 0 radical (unpaired) electrons. The van der Waals surface area contributed by atoms with E-state index in [4.69, 9.17) is 13.4 Å². The number of rotatable bonds is 7. The zero-order valence-corrected chi connectivity index (χ0v) is 18.8. The van der Waals surface area contributed by atoms with Crippen LogP contribution in [0.25, 0.3) is 27.9 Å². The first kappa shape index (κ1) is 21.1. The molecule has 0 amide bonds. The Bertz CT molecular complexity index is 1500. The monoisotopic (exact) mass is 460 g/mol. The van der Waals surface area contributed by atoms with Crippen LogP contribution in [0, 0.1) is 6.92 Å². The number of benzene rings is 1. The summed E-state index contributed by atoms with van der Waals surface area (Å²) in [5.74, 6) is 1.04. The third-order valence-electron chi connectivity index (χ3n) is 5.05. The highest BCUT2D eigenvalue weighted by Gasteiger charge is 2.18. The molecule has 5 aromatic rings. The van der Waals surface area contributed by atoms with Crippen molar-refractivity contribution in [3.63, 3.8) is 0 Å². The molecule has 9 nitrogen and oxygen atoms in total. The first-order chi connectivity index (χ1) is 16.1. The predicted octanol–water partition coefficient (Wildman–Crippen LogP) is 3.84. The van der Waals surface area contributed by atoms with E-state index in [1.54, 1.807) is 28.9 Å². The average molecular weight is 461 g/mol. The van der Waals surface area contributed by atoms with Crippen LogP contribution in [0.3, 0.4) is 0 Å². The van der Waals surface area contributed by atoms with Gasteiger partial charge in [-0.3, -0.25) is 17.9 Å². The molecule has 0 spiro atoms. The molecule has 1 aromatic carbocycles. The van der Waals surface area contributed by atoms with Crippen molar-refractivity contribution in [1.29, 1.82) is 0 Å². The lowest BCUT2D eigenvalue weighted by atomic mass is 10.2. The second kappa shape index (κ2) is 9.00. The van der Waals surface area contributed by atoms with Crippen molar-refractivity contribution in [1.82, 2.24) is 28.9 Å². The Morgan fingerprint density at radius 1 is 1.09 bits per heavy atom. The predicted molar refractivity (Wildman–Crippen MR) is 126 cm³/mol. The molecule has 0 saturated carbocycles. The van der Waals surface area contributed by atoms with Gasteiger partial charge in [0.2, 0.25) is 18.2 Å². The highest BCUT2D eigenvalue weighted by Crippen LogP contribution is 2.27. The minimum Gasteiger partial charge on any atom is -0.379 e. The largest absolute Gasteiger partial charge is 0.379 e. The number of nitrogens with zero attached hydrogens (tertiary/aromatic N) is 6. The van der Waals surface area contributed by atoms with E-state index in [1.807, 2.05) is 44.3 Å². The molecule has 0 atom stereocenters. The fraction of sp³-hybridized carbons (Fsp3) is 0.174. The van der Waals surface area contributed by atoms with Gasteiger partial charge in [0.05, 0.1) is 30.4 Å². The summed E-state index contributed by atoms with van der Waals surface area (Å²) in [5, 5.41) is 0.557. The van der Waals surface area contributed by atoms with E-state index >= 15 is 0 Å². The van der Waals surface area contributed by atoms with Gasteiger partial charge in [-0.2, -0.15) is 0 Å². The van der Waals surface area contributed by atoms with Crippen molar-refractivity contribution in [2.45, 2.75) is 20.4 Å². The summed E-state index contributed by atoms with van der Waals surface area (Å²) in [5.41, 5.74) is 3.62. The fourth-order valence-electron chi connectivity index (χ4n) is 3.49. The Hall–Kier alpha value is -3.76. The van der Waals surface area contributed by atoms with Gasteiger partial charge in [0, 0.05) is 24.2 Å². The lowest BCUT2D eigenvalue weighted by Crippen LogP contribution is -2.21. The molecule has 0 aliphatic heterocycles. The smallest absolute Gasteiger partial charge is 0.261 e. The lowest BCUT2D eigenvalue weighted by Gasteiger charge is -2.08. The molecule has 10 heteroatoms. The van der Waals surface area contributed by atoms with E-state index < -0.39 is 0 Å². The van der Waals surface area contributed by atoms with Crippen LogP contribution in [0.4, 0.5) is 0 Å². The number of pyridine rings is 1. The van der Waals surface area contributed by atoms with Crippen molar-refractivity contribution >= 4 is 28.9 Å². The van der Waals surface area contributed by atoms with Gasteiger partial charge in [-0.1, -0.05) is 6.07 Å². The van der Waals surface area contributed by atoms with Gasteiger partial charge in [-0.25, -0.2) is 19.9 Å². The van der Waals surface area contributed by atoms with Gasteiger partial charge in [0.25, 0.3) is 5.56 Å². The van der Waals surface area contributed by atoms with Crippen molar-refractivity contribution in [3.05, 3.63) is 82.9 Å². The van der Waals surface area contributed by atoms with Crippen molar-refractivity contribution in [2.75, 3.05) is 6.61 Å². The standard InChI is InChI=1S/C23H20N6O3S/c1-3-31-33-32-23-19(13-28-14-26-18-11-15(2)5-7-17(18)22(28)30)27-20-8-6-16(12-29(20)23)21-24-9-4-10-25-21/h4-12,14H,3,13H2,1-2H3. The molecule has 5 rings (SSSR count). The van der Waals surface area contributed by atoms with Crippen molar-refractivity contribution in [3.8, 4) is 17.3 Å². The van der Waals surface area contributed by atoms with Crippen LogP contribution in [0.15, 0.2) is 66.1 Å². The molecular weight excluding hydrogens is 440 g/mol. The Kier molecular flexibility index (Phi) is 5.76. The summed E-state index contributed by atoms with van der Waals surface area (Å²) in [6, 6.07) is 11.1. The molecule has 0 bridgehead atoms. The van der Waals surface area contributed by atoms with Gasteiger partial charge in [0.15, 0.2) is 5.82 Å². The number of hydrogen-bond donors (Lipinski definition) is 0. The first-order valence-electron chi connectivity index (χ1n) is 10.3. The van der Waals surface area contributed by atoms with E-state index in [9.17, 15) is 4.79 Å². The quantitative estimate of drug-likeness (QED) is 0.267. The molecular formula is C23H20N6O3S. The Morgan fingerprint density at radius 3 is 2.76 bits per heavy atom. The van der Waals surface area contributed by atoms with E-state index in [0.717, 1.165) is 23.5 Å². The van der Waals surface area contributed by atoms with Gasteiger partial charge in [-0.05, 0) is 49.7 Å². The van der Waals surface area contributed by atoms with Gasteiger partial charge in [-0.15, -0.1) is 0 Å². The molecule has 4 heterocycles. The number of aromatic nitrogens is 6. The molecule has 33 heavy (non-hydrogen) atoms. The van der Waals surface area contributed by atoms with E-state index in [0.29, 0.717) is 40.6 Å². The minimum absolute atomic E-state index is 0.140. The zero-order valence-electron chi connectivity index (χ0n) is 18.0. The summed E-state index contributed by atoms with van der Waals surface area (Å²) < 4.78 is 14.5. The molecule has 0 saturated heterocycles. The number of aryl methyl sites for hydroxylation is 1. The van der Waals surface area contributed by atoms with Crippen molar-refractivity contribution < 1.29 is 8.37 Å². The van der Waals surface area contributed by atoms with Crippen LogP contribution < -0.4 is 9.74 Å². The normalized spacial score (nSPS) is 11.3. The molecule has 0 unspecified atom stereocenters. The summed E-state index contributed by atoms with van der Waals surface area (Å²) in [6.45, 7) is 4.51. The molecule has 0 fully saturated rings. The third kappa shape index (κ3) is 4.18. The van der Waals surface area contributed by atoms with Crippen LogP contribution in [-0.2, 0) is 10.7 Å². The molecule has 0 N–H and O–H groups in total. The Morgan fingerprint density at radius 2 is 1.94 bits per heavy atom. The molecule has 0 aliphatic rings. The number of imidazole rings is 1.